The normalized spacial score (nSPS) is 11.0. The third-order valence-corrected chi connectivity index (χ3v) is 4.00. The number of anilines is 3. The molecule has 0 fully saturated rings. The van der Waals surface area contributed by atoms with Crippen molar-refractivity contribution in [1.29, 1.82) is 0 Å². The number of amides is 2. The van der Waals surface area contributed by atoms with Crippen LogP contribution in [-0.4, -0.2) is 18.4 Å². The number of carbonyl (C=O) groups is 2. The molecule has 0 unspecified atom stereocenters. The van der Waals surface area contributed by atoms with Crippen LogP contribution in [-0.2, 0) is 15.8 Å². The Balaban J connectivity index is 2.02. The topological polar surface area (TPSA) is 70.2 Å². The first-order valence-electron chi connectivity index (χ1n) is 8.50. The lowest BCUT2D eigenvalue weighted by molar-refractivity contribution is -0.137. The Morgan fingerprint density at radius 1 is 1.00 bits per heavy atom. The lowest BCUT2D eigenvalue weighted by atomic mass is 10.1. The average Bonchev–Trinajstić information content (AvgIpc) is 2.62. The Morgan fingerprint density at radius 2 is 1.71 bits per heavy atom. The Hall–Kier alpha value is -2.74. The number of halogens is 4. The number of nitrogens with one attached hydrogen (secondary N) is 3. The van der Waals surface area contributed by atoms with Crippen molar-refractivity contribution in [2.75, 3.05) is 22.5 Å². The van der Waals surface area contributed by atoms with Crippen LogP contribution >= 0.6 is 11.6 Å². The standard InChI is InChI=1S/C19H19ClF3N3O2/c1-2-5-17(27)25-12-8-9-14(20)16(10-12)24-11-18(28)26-15-7-4-3-6-13(15)19(21,22)23/h3-4,6-10,24H,2,5,11H2,1H3,(H,25,27)(H,26,28). The summed E-state index contributed by atoms with van der Waals surface area (Å²) in [7, 11) is 0. The second-order valence-electron chi connectivity index (χ2n) is 5.94. The molecular weight excluding hydrogens is 395 g/mol. The van der Waals surface area contributed by atoms with Crippen LogP contribution in [0.2, 0.25) is 5.02 Å². The molecule has 0 aliphatic heterocycles. The summed E-state index contributed by atoms with van der Waals surface area (Å²) >= 11 is 6.07. The zero-order valence-electron chi connectivity index (χ0n) is 15.0. The number of hydrogen-bond donors (Lipinski definition) is 3. The second-order valence-corrected chi connectivity index (χ2v) is 6.35. The van der Waals surface area contributed by atoms with Gasteiger partial charge in [-0.3, -0.25) is 9.59 Å². The van der Waals surface area contributed by atoms with Crippen LogP contribution in [0.25, 0.3) is 0 Å². The molecule has 0 saturated heterocycles. The highest BCUT2D eigenvalue weighted by molar-refractivity contribution is 6.33. The molecule has 0 spiro atoms. The highest BCUT2D eigenvalue weighted by atomic mass is 35.5. The predicted octanol–water partition coefficient (Wildman–Crippen LogP) is 5.15. The zero-order chi connectivity index (χ0) is 20.7. The highest BCUT2D eigenvalue weighted by Gasteiger charge is 2.33. The van der Waals surface area contributed by atoms with E-state index < -0.39 is 17.6 Å². The molecule has 0 saturated carbocycles. The van der Waals surface area contributed by atoms with Gasteiger partial charge in [0.05, 0.1) is 28.5 Å². The van der Waals surface area contributed by atoms with Gasteiger partial charge in [0.15, 0.2) is 0 Å². The van der Waals surface area contributed by atoms with Gasteiger partial charge in [-0.05, 0) is 36.8 Å². The summed E-state index contributed by atoms with van der Waals surface area (Å²) in [5, 5.41) is 8.00. The number of rotatable bonds is 7. The fourth-order valence-corrected chi connectivity index (χ4v) is 2.58. The van der Waals surface area contributed by atoms with Crippen LogP contribution in [0.3, 0.4) is 0 Å². The van der Waals surface area contributed by atoms with E-state index in [-0.39, 0.29) is 18.1 Å². The van der Waals surface area contributed by atoms with E-state index in [1.807, 2.05) is 6.92 Å². The van der Waals surface area contributed by atoms with E-state index >= 15 is 0 Å². The number of para-hydroxylation sites is 1. The fraction of sp³-hybridized carbons (Fsp3) is 0.263. The molecule has 2 aromatic rings. The van der Waals surface area contributed by atoms with Crippen molar-refractivity contribution >= 4 is 40.5 Å². The maximum absolute atomic E-state index is 13.0. The van der Waals surface area contributed by atoms with Crippen LogP contribution in [0.4, 0.5) is 30.2 Å². The van der Waals surface area contributed by atoms with Gasteiger partial charge in [-0.25, -0.2) is 0 Å². The Bertz CT molecular complexity index is 857. The lowest BCUT2D eigenvalue weighted by Gasteiger charge is -2.14. The first-order chi connectivity index (χ1) is 13.2. The second kappa shape index (κ2) is 9.45. The van der Waals surface area contributed by atoms with E-state index in [4.69, 9.17) is 11.6 Å². The van der Waals surface area contributed by atoms with Gasteiger partial charge in [-0.1, -0.05) is 30.7 Å². The first kappa shape index (κ1) is 21.6. The summed E-state index contributed by atoms with van der Waals surface area (Å²) in [6, 6.07) is 9.42. The fourth-order valence-electron chi connectivity index (χ4n) is 2.40. The molecule has 0 atom stereocenters. The molecule has 3 N–H and O–H groups in total. The molecule has 5 nitrogen and oxygen atoms in total. The van der Waals surface area contributed by atoms with Gasteiger partial charge in [0.2, 0.25) is 11.8 Å². The van der Waals surface area contributed by atoms with Crippen LogP contribution < -0.4 is 16.0 Å². The molecular formula is C19H19ClF3N3O2. The molecule has 28 heavy (non-hydrogen) atoms. The molecule has 2 amide bonds. The minimum Gasteiger partial charge on any atom is -0.375 e. The summed E-state index contributed by atoms with van der Waals surface area (Å²) < 4.78 is 39.0. The van der Waals surface area contributed by atoms with Crippen LogP contribution in [0.15, 0.2) is 42.5 Å². The summed E-state index contributed by atoms with van der Waals surface area (Å²) in [6.07, 6.45) is -3.51. The molecule has 0 aromatic heterocycles. The van der Waals surface area contributed by atoms with Crippen molar-refractivity contribution in [3.8, 4) is 0 Å². The first-order valence-corrected chi connectivity index (χ1v) is 8.88. The van der Waals surface area contributed by atoms with Gasteiger partial charge in [0.25, 0.3) is 0 Å². The Labute approximate surface area is 165 Å². The lowest BCUT2D eigenvalue weighted by Crippen LogP contribution is -2.23. The molecule has 2 aromatic carbocycles. The van der Waals surface area contributed by atoms with Gasteiger partial charge < -0.3 is 16.0 Å². The van der Waals surface area contributed by atoms with E-state index in [0.29, 0.717) is 29.2 Å². The van der Waals surface area contributed by atoms with Crippen molar-refractivity contribution in [3.05, 3.63) is 53.1 Å². The third-order valence-electron chi connectivity index (χ3n) is 3.67. The molecule has 0 bridgehead atoms. The molecule has 0 heterocycles. The van der Waals surface area contributed by atoms with Crippen LogP contribution in [0.5, 0.6) is 0 Å². The van der Waals surface area contributed by atoms with Gasteiger partial charge in [-0.15, -0.1) is 0 Å². The zero-order valence-corrected chi connectivity index (χ0v) is 15.7. The van der Waals surface area contributed by atoms with Crippen molar-refractivity contribution < 1.29 is 22.8 Å². The summed E-state index contributed by atoms with van der Waals surface area (Å²) in [5.74, 6) is -0.828. The van der Waals surface area contributed by atoms with Gasteiger partial charge in [0.1, 0.15) is 0 Å². The molecule has 0 aliphatic rings. The minimum absolute atomic E-state index is 0.155. The summed E-state index contributed by atoms with van der Waals surface area (Å²) in [5.41, 5.74) is -0.390. The average molecular weight is 414 g/mol. The SMILES string of the molecule is CCCC(=O)Nc1ccc(Cl)c(NCC(=O)Nc2ccccc2C(F)(F)F)c1. The van der Waals surface area contributed by atoms with Crippen molar-refractivity contribution in [3.63, 3.8) is 0 Å². The van der Waals surface area contributed by atoms with E-state index in [0.717, 1.165) is 6.07 Å². The number of hydrogen-bond acceptors (Lipinski definition) is 3. The van der Waals surface area contributed by atoms with Crippen molar-refractivity contribution in [2.45, 2.75) is 25.9 Å². The third kappa shape index (κ3) is 6.16. The Morgan fingerprint density at radius 3 is 2.39 bits per heavy atom. The maximum Gasteiger partial charge on any atom is 0.418 e. The minimum atomic E-state index is -4.58. The summed E-state index contributed by atoms with van der Waals surface area (Å²) in [4.78, 5) is 23.7. The molecule has 2 rings (SSSR count). The monoisotopic (exact) mass is 413 g/mol. The van der Waals surface area contributed by atoms with Crippen molar-refractivity contribution in [2.24, 2.45) is 0 Å². The summed E-state index contributed by atoms with van der Waals surface area (Å²) in [6.45, 7) is 1.57. The molecule has 150 valence electrons. The van der Waals surface area contributed by atoms with Gasteiger partial charge in [0, 0.05) is 12.1 Å². The van der Waals surface area contributed by atoms with E-state index in [2.05, 4.69) is 16.0 Å². The number of alkyl halides is 3. The smallest absolute Gasteiger partial charge is 0.375 e. The largest absolute Gasteiger partial charge is 0.418 e. The van der Waals surface area contributed by atoms with Gasteiger partial charge >= 0.3 is 6.18 Å². The van der Waals surface area contributed by atoms with E-state index in [1.165, 1.54) is 18.2 Å². The predicted molar refractivity (Wildman–Crippen MR) is 104 cm³/mol. The van der Waals surface area contributed by atoms with E-state index in [1.54, 1.807) is 18.2 Å². The number of benzene rings is 2. The molecule has 0 radical (unpaired) electrons. The van der Waals surface area contributed by atoms with Crippen molar-refractivity contribution in [1.82, 2.24) is 0 Å². The maximum atomic E-state index is 13.0. The molecule has 0 aliphatic carbocycles. The molecule has 9 heteroatoms. The van der Waals surface area contributed by atoms with E-state index in [9.17, 15) is 22.8 Å². The Kier molecular flexibility index (Phi) is 7.28. The highest BCUT2D eigenvalue weighted by Crippen LogP contribution is 2.34. The number of carbonyl (C=O) groups excluding carboxylic acids is 2. The van der Waals surface area contributed by atoms with Crippen LogP contribution in [0.1, 0.15) is 25.3 Å². The van der Waals surface area contributed by atoms with Gasteiger partial charge in [-0.2, -0.15) is 13.2 Å². The quantitative estimate of drug-likeness (QED) is 0.588. The van der Waals surface area contributed by atoms with Crippen LogP contribution in [0, 0.1) is 0 Å².